The predicted octanol–water partition coefficient (Wildman–Crippen LogP) is 2.50. The van der Waals surface area contributed by atoms with Crippen molar-refractivity contribution in [3.63, 3.8) is 0 Å². The van der Waals surface area contributed by atoms with Crippen molar-refractivity contribution in [3.8, 4) is 5.75 Å². The van der Waals surface area contributed by atoms with Crippen molar-refractivity contribution in [2.24, 2.45) is 0 Å². The maximum absolute atomic E-state index is 12.3. The second kappa shape index (κ2) is 5.53. The number of nitrogens with zero attached hydrogens (tertiary/aromatic N) is 1. The largest absolute Gasteiger partial charge is 0.497 e. The molecule has 120 valence electrons. The highest BCUT2D eigenvalue weighted by Gasteiger charge is 2.44. The average Bonchev–Trinajstić information content (AvgIpc) is 2.73. The number of ether oxygens (including phenoxy) is 2. The van der Waals surface area contributed by atoms with E-state index in [9.17, 15) is 9.90 Å². The number of carbonyl (C=O) groups excluding carboxylic acids is 1. The molecule has 0 spiro atoms. The van der Waals surface area contributed by atoms with Crippen LogP contribution < -0.4 is 10.2 Å². The summed E-state index contributed by atoms with van der Waals surface area (Å²) in [5.41, 5.74) is 1.75. The van der Waals surface area contributed by atoms with Crippen LogP contribution in [0.4, 0.5) is 4.79 Å². The summed E-state index contributed by atoms with van der Waals surface area (Å²) < 4.78 is 10.4. The van der Waals surface area contributed by atoms with E-state index in [0.29, 0.717) is 17.0 Å². The fourth-order valence-corrected chi connectivity index (χ4v) is 2.20. The lowest BCUT2D eigenvalue weighted by molar-refractivity contribution is -0.0859. The van der Waals surface area contributed by atoms with Gasteiger partial charge in [0.2, 0.25) is 5.72 Å². The van der Waals surface area contributed by atoms with Crippen LogP contribution in [0.25, 0.3) is 0 Å². The van der Waals surface area contributed by atoms with Gasteiger partial charge in [-0.05, 0) is 45.9 Å². The molecule has 0 saturated heterocycles. The Bertz CT molecular complexity index is 589. The molecule has 1 aromatic carbocycles. The summed E-state index contributed by atoms with van der Waals surface area (Å²) in [7, 11) is 1.57. The van der Waals surface area contributed by atoms with Crippen LogP contribution in [0.2, 0.25) is 0 Å². The van der Waals surface area contributed by atoms with E-state index < -0.39 is 17.4 Å². The number of amides is 1. The summed E-state index contributed by atoms with van der Waals surface area (Å²) >= 11 is 0. The molecule has 0 bridgehead atoms. The molecule has 1 atom stereocenters. The predicted molar refractivity (Wildman–Crippen MR) is 81.9 cm³/mol. The third-order valence-corrected chi connectivity index (χ3v) is 3.14. The molecule has 1 aromatic rings. The minimum Gasteiger partial charge on any atom is -0.497 e. The minimum atomic E-state index is -1.61. The second-order valence-corrected chi connectivity index (χ2v) is 6.21. The standard InChI is InChI=1S/C16H22N2O4/c1-11-10-16(20,12-6-8-13(21-5)9-7-12)18(17-11)14(19)22-15(2,3)4/h6-10,17,20H,1-5H3/t16-/m0/s1. The van der Waals surface area contributed by atoms with Crippen LogP contribution in [0.3, 0.4) is 0 Å². The highest BCUT2D eigenvalue weighted by atomic mass is 16.6. The Hall–Kier alpha value is -2.21. The van der Waals surface area contributed by atoms with E-state index in [1.165, 1.54) is 0 Å². The van der Waals surface area contributed by atoms with Crippen molar-refractivity contribution in [1.82, 2.24) is 10.4 Å². The van der Waals surface area contributed by atoms with Crippen LogP contribution >= 0.6 is 0 Å². The lowest BCUT2D eigenvalue weighted by Gasteiger charge is -2.34. The number of methoxy groups -OCH3 is 1. The van der Waals surface area contributed by atoms with Crippen molar-refractivity contribution in [2.75, 3.05) is 7.11 Å². The third kappa shape index (κ3) is 3.17. The Kier molecular flexibility index (Phi) is 4.06. The van der Waals surface area contributed by atoms with Gasteiger partial charge in [0, 0.05) is 11.3 Å². The number of hydrogen-bond acceptors (Lipinski definition) is 5. The first kappa shape index (κ1) is 16.2. The first-order valence-corrected chi connectivity index (χ1v) is 7.02. The highest BCUT2D eigenvalue weighted by Crippen LogP contribution is 2.33. The van der Waals surface area contributed by atoms with Crippen LogP contribution in [-0.2, 0) is 10.5 Å². The molecular weight excluding hydrogens is 284 g/mol. The Morgan fingerprint density at radius 2 is 1.86 bits per heavy atom. The van der Waals surface area contributed by atoms with E-state index in [-0.39, 0.29) is 0 Å². The van der Waals surface area contributed by atoms with Gasteiger partial charge in [0.15, 0.2) is 0 Å². The summed E-state index contributed by atoms with van der Waals surface area (Å²) in [6.45, 7) is 7.08. The van der Waals surface area contributed by atoms with Gasteiger partial charge < -0.3 is 14.6 Å². The zero-order valence-corrected chi connectivity index (χ0v) is 13.5. The molecule has 22 heavy (non-hydrogen) atoms. The number of benzene rings is 1. The highest BCUT2D eigenvalue weighted by molar-refractivity contribution is 5.70. The molecule has 0 fully saturated rings. The van der Waals surface area contributed by atoms with Gasteiger partial charge in [-0.25, -0.2) is 4.79 Å². The number of rotatable bonds is 2. The number of nitrogens with one attached hydrogen (secondary N) is 1. The summed E-state index contributed by atoms with van der Waals surface area (Å²) in [5, 5.41) is 12.0. The molecule has 1 heterocycles. The maximum atomic E-state index is 12.3. The number of carbonyl (C=O) groups is 1. The molecule has 0 radical (unpaired) electrons. The normalized spacial score (nSPS) is 21.2. The summed E-state index contributed by atoms with van der Waals surface area (Å²) in [5.74, 6) is 0.669. The third-order valence-electron chi connectivity index (χ3n) is 3.14. The Labute approximate surface area is 130 Å². The van der Waals surface area contributed by atoms with Crippen molar-refractivity contribution < 1.29 is 19.4 Å². The van der Waals surface area contributed by atoms with Crippen molar-refractivity contribution >= 4 is 6.09 Å². The molecule has 6 heteroatoms. The van der Waals surface area contributed by atoms with E-state index in [4.69, 9.17) is 9.47 Å². The fraction of sp³-hybridized carbons (Fsp3) is 0.438. The lowest BCUT2D eigenvalue weighted by atomic mass is 10.0. The SMILES string of the molecule is COc1ccc([C@@]2(O)C=C(C)NN2C(=O)OC(C)(C)C)cc1. The molecule has 1 amide bonds. The maximum Gasteiger partial charge on any atom is 0.432 e. The minimum absolute atomic E-state index is 0.531. The number of allylic oxidation sites excluding steroid dienone is 1. The van der Waals surface area contributed by atoms with Crippen LogP contribution in [0.15, 0.2) is 36.0 Å². The zero-order chi connectivity index (χ0) is 16.5. The molecule has 0 aliphatic carbocycles. The van der Waals surface area contributed by atoms with Gasteiger partial charge >= 0.3 is 6.09 Å². The summed E-state index contributed by atoms with van der Waals surface area (Å²) in [6, 6.07) is 6.85. The topological polar surface area (TPSA) is 71.0 Å². The molecule has 1 aliphatic heterocycles. The zero-order valence-electron chi connectivity index (χ0n) is 13.5. The Morgan fingerprint density at radius 1 is 1.27 bits per heavy atom. The first-order chi connectivity index (χ1) is 10.2. The Balaban J connectivity index is 2.33. The van der Waals surface area contributed by atoms with E-state index in [1.807, 2.05) is 0 Å². The van der Waals surface area contributed by atoms with Gasteiger partial charge in [-0.1, -0.05) is 12.1 Å². The van der Waals surface area contributed by atoms with Gasteiger partial charge in [0.25, 0.3) is 0 Å². The fourth-order valence-electron chi connectivity index (χ4n) is 2.20. The van der Waals surface area contributed by atoms with Crippen molar-refractivity contribution in [3.05, 3.63) is 41.6 Å². The molecule has 0 unspecified atom stereocenters. The van der Waals surface area contributed by atoms with Crippen LogP contribution in [-0.4, -0.2) is 28.9 Å². The first-order valence-electron chi connectivity index (χ1n) is 7.02. The molecule has 1 aliphatic rings. The van der Waals surface area contributed by atoms with E-state index in [1.54, 1.807) is 65.1 Å². The molecule has 0 saturated carbocycles. The van der Waals surface area contributed by atoms with E-state index in [0.717, 1.165) is 5.01 Å². The molecular formula is C16H22N2O4. The average molecular weight is 306 g/mol. The van der Waals surface area contributed by atoms with Gasteiger partial charge in [0.1, 0.15) is 11.4 Å². The molecule has 2 N–H and O–H groups in total. The second-order valence-electron chi connectivity index (χ2n) is 6.21. The monoisotopic (exact) mass is 306 g/mol. The van der Waals surface area contributed by atoms with Gasteiger partial charge in [-0.2, -0.15) is 5.01 Å². The number of aliphatic hydroxyl groups is 1. The van der Waals surface area contributed by atoms with E-state index >= 15 is 0 Å². The van der Waals surface area contributed by atoms with Crippen molar-refractivity contribution in [2.45, 2.75) is 39.0 Å². The number of hydrazine groups is 1. The van der Waals surface area contributed by atoms with Crippen LogP contribution in [0.1, 0.15) is 33.3 Å². The summed E-state index contributed by atoms with van der Waals surface area (Å²) in [4.78, 5) is 12.3. The lowest BCUT2D eigenvalue weighted by Crippen LogP contribution is -2.52. The number of hydrogen-bond donors (Lipinski definition) is 2. The van der Waals surface area contributed by atoms with Gasteiger partial charge in [0.05, 0.1) is 7.11 Å². The quantitative estimate of drug-likeness (QED) is 0.878. The summed E-state index contributed by atoms with van der Waals surface area (Å²) in [6.07, 6.45) is 0.914. The molecule has 6 nitrogen and oxygen atoms in total. The van der Waals surface area contributed by atoms with E-state index in [2.05, 4.69) is 5.43 Å². The molecule has 0 aromatic heterocycles. The van der Waals surface area contributed by atoms with Crippen LogP contribution in [0.5, 0.6) is 5.75 Å². The van der Waals surface area contributed by atoms with Crippen LogP contribution in [0, 0.1) is 0 Å². The van der Waals surface area contributed by atoms with Crippen molar-refractivity contribution in [1.29, 1.82) is 0 Å². The smallest absolute Gasteiger partial charge is 0.432 e. The van der Waals surface area contributed by atoms with Gasteiger partial charge in [-0.15, -0.1) is 0 Å². The molecule has 2 rings (SSSR count). The Morgan fingerprint density at radius 3 is 2.36 bits per heavy atom. The van der Waals surface area contributed by atoms with Gasteiger partial charge in [-0.3, -0.25) is 5.43 Å².